The lowest BCUT2D eigenvalue weighted by atomic mass is 10.1. The van der Waals surface area contributed by atoms with Crippen molar-refractivity contribution in [1.82, 2.24) is 4.90 Å². The van der Waals surface area contributed by atoms with E-state index in [1.54, 1.807) is 0 Å². The van der Waals surface area contributed by atoms with E-state index in [2.05, 4.69) is 25.3 Å². The molecule has 0 aliphatic rings. The summed E-state index contributed by atoms with van der Waals surface area (Å²) in [5.74, 6) is -0.842. The van der Waals surface area contributed by atoms with Crippen LogP contribution in [0.3, 0.4) is 0 Å². The molecule has 0 aliphatic heterocycles. The van der Waals surface area contributed by atoms with E-state index in [-0.39, 0.29) is 0 Å². The summed E-state index contributed by atoms with van der Waals surface area (Å²) in [4.78, 5) is 13.6. The number of carboxylic acids is 1. The molecule has 0 saturated heterocycles. The zero-order valence-corrected chi connectivity index (χ0v) is 22.7. The van der Waals surface area contributed by atoms with Gasteiger partial charge in [-0.15, -0.1) is 0 Å². The average molecular weight is 466 g/mol. The Morgan fingerprint density at radius 2 is 0.848 bits per heavy atom. The standard InChI is InChI=1S/C30H59NO2/c1-4-6-8-10-12-14-16-18-20-22-26-31(28-24-25-29(3)30(32)33)27-23-21-19-17-15-13-11-9-7-5-2/h3-28H2,1-2H3,(H,32,33). The van der Waals surface area contributed by atoms with E-state index in [1.165, 1.54) is 142 Å². The fraction of sp³-hybridized carbons (Fsp3) is 0.900. The second kappa shape index (κ2) is 25.8. The predicted molar refractivity (Wildman–Crippen MR) is 146 cm³/mol. The molecule has 0 amide bonds. The van der Waals surface area contributed by atoms with Crippen molar-refractivity contribution in [2.75, 3.05) is 19.6 Å². The number of carbonyl (C=O) groups is 1. The molecule has 0 aromatic rings. The van der Waals surface area contributed by atoms with Crippen molar-refractivity contribution in [3.05, 3.63) is 12.2 Å². The number of carboxylic acid groups (broad SMARTS) is 1. The van der Waals surface area contributed by atoms with Crippen molar-refractivity contribution in [3.63, 3.8) is 0 Å². The van der Waals surface area contributed by atoms with Gasteiger partial charge in [0.1, 0.15) is 0 Å². The lowest BCUT2D eigenvalue weighted by molar-refractivity contribution is -0.132. The van der Waals surface area contributed by atoms with Gasteiger partial charge >= 0.3 is 5.97 Å². The Morgan fingerprint density at radius 3 is 1.18 bits per heavy atom. The predicted octanol–water partition coefficient (Wildman–Crippen LogP) is 9.55. The first-order valence-corrected chi connectivity index (χ1v) is 14.7. The minimum absolute atomic E-state index is 0.354. The highest BCUT2D eigenvalue weighted by atomic mass is 16.4. The minimum Gasteiger partial charge on any atom is -0.478 e. The topological polar surface area (TPSA) is 40.5 Å². The molecule has 0 atom stereocenters. The number of hydrogen-bond donors (Lipinski definition) is 1. The van der Waals surface area contributed by atoms with Crippen LogP contribution in [0.1, 0.15) is 155 Å². The van der Waals surface area contributed by atoms with Gasteiger partial charge in [-0.05, 0) is 45.3 Å². The van der Waals surface area contributed by atoms with Crippen molar-refractivity contribution in [2.24, 2.45) is 0 Å². The quantitative estimate of drug-likeness (QED) is 0.0969. The van der Waals surface area contributed by atoms with Crippen LogP contribution in [0.15, 0.2) is 12.2 Å². The molecule has 0 bridgehead atoms. The maximum absolute atomic E-state index is 11.0. The first kappa shape index (κ1) is 32.2. The molecule has 0 spiro atoms. The maximum Gasteiger partial charge on any atom is 0.330 e. The molecule has 3 heteroatoms. The third-order valence-electron chi connectivity index (χ3n) is 6.91. The Bertz CT molecular complexity index is 411. The molecule has 1 N–H and O–H groups in total. The molecule has 33 heavy (non-hydrogen) atoms. The molecule has 0 unspecified atom stereocenters. The summed E-state index contributed by atoms with van der Waals surface area (Å²) < 4.78 is 0. The molecular weight excluding hydrogens is 406 g/mol. The van der Waals surface area contributed by atoms with Gasteiger partial charge in [0.2, 0.25) is 0 Å². The smallest absolute Gasteiger partial charge is 0.330 e. The molecule has 0 aliphatic carbocycles. The number of unbranched alkanes of at least 4 members (excludes halogenated alkanes) is 18. The lowest BCUT2D eigenvalue weighted by Gasteiger charge is -2.22. The maximum atomic E-state index is 11.0. The largest absolute Gasteiger partial charge is 0.478 e. The van der Waals surface area contributed by atoms with E-state index >= 15 is 0 Å². The minimum atomic E-state index is -0.842. The molecule has 0 radical (unpaired) electrons. The van der Waals surface area contributed by atoms with E-state index in [0.29, 0.717) is 12.0 Å². The normalized spacial score (nSPS) is 11.4. The highest BCUT2D eigenvalue weighted by Gasteiger charge is 2.08. The fourth-order valence-electron chi connectivity index (χ4n) is 4.60. The number of aliphatic carboxylic acids is 1. The van der Waals surface area contributed by atoms with Gasteiger partial charge in [0.25, 0.3) is 0 Å². The fourth-order valence-corrected chi connectivity index (χ4v) is 4.60. The summed E-state index contributed by atoms with van der Waals surface area (Å²) in [6.45, 7) is 11.6. The van der Waals surface area contributed by atoms with Crippen LogP contribution in [0.2, 0.25) is 0 Å². The Kier molecular flexibility index (Phi) is 25.1. The molecular formula is C30H59NO2. The molecule has 0 aromatic heterocycles. The van der Waals surface area contributed by atoms with E-state index < -0.39 is 5.97 Å². The molecule has 0 fully saturated rings. The highest BCUT2D eigenvalue weighted by Crippen LogP contribution is 2.13. The summed E-state index contributed by atoms with van der Waals surface area (Å²) in [5, 5.41) is 9.04. The Labute approximate surface area is 207 Å². The second-order valence-electron chi connectivity index (χ2n) is 10.2. The summed E-state index contributed by atoms with van der Waals surface area (Å²) in [6.07, 6.45) is 29.1. The van der Waals surface area contributed by atoms with Crippen LogP contribution in [-0.2, 0) is 4.79 Å². The molecule has 0 saturated carbocycles. The van der Waals surface area contributed by atoms with Gasteiger partial charge < -0.3 is 10.0 Å². The molecule has 0 aromatic carbocycles. The highest BCUT2D eigenvalue weighted by molar-refractivity contribution is 5.85. The summed E-state index contributed by atoms with van der Waals surface area (Å²) in [6, 6.07) is 0. The van der Waals surface area contributed by atoms with Crippen LogP contribution in [0.4, 0.5) is 0 Å². The van der Waals surface area contributed by atoms with E-state index in [1.807, 2.05) is 0 Å². The monoisotopic (exact) mass is 465 g/mol. The number of rotatable bonds is 27. The van der Waals surface area contributed by atoms with Crippen LogP contribution in [-0.4, -0.2) is 35.6 Å². The third kappa shape index (κ3) is 24.1. The van der Waals surface area contributed by atoms with Crippen molar-refractivity contribution in [3.8, 4) is 0 Å². The summed E-state index contributed by atoms with van der Waals surface area (Å²) in [7, 11) is 0. The van der Waals surface area contributed by atoms with E-state index in [9.17, 15) is 4.79 Å². The zero-order chi connectivity index (χ0) is 24.4. The van der Waals surface area contributed by atoms with Crippen LogP contribution in [0.5, 0.6) is 0 Å². The Balaban J connectivity index is 3.90. The Morgan fingerprint density at radius 1 is 0.545 bits per heavy atom. The Hall–Kier alpha value is -0.830. The van der Waals surface area contributed by atoms with Gasteiger partial charge in [-0.1, -0.05) is 136 Å². The van der Waals surface area contributed by atoms with Crippen molar-refractivity contribution in [1.29, 1.82) is 0 Å². The van der Waals surface area contributed by atoms with Crippen LogP contribution in [0, 0.1) is 0 Å². The molecule has 196 valence electrons. The molecule has 3 nitrogen and oxygen atoms in total. The van der Waals surface area contributed by atoms with Crippen LogP contribution < -0.4 is 0 Å². The van der Waals surface area contributed by atoms with Crippen LogP contribution in [0.25, 0.3) is 0 Å². The van der Waals surface area contributed by atoms with Crippen molar-refractivity contribution < 1.29 is 9.90 Å². The summed E-state index contributed by atoms with van der Waals surface area (Å²) in [5.41, 5.74) is 0.354. The van der Waals surface area contributed by atoms with Crippen molar-refractivity contribution in [2.45, 2.75) is 155 Å². The lowest BCUT2D eigenvalue weighted by Crippen LogP contribution is -2.27. The molecule has 0 heterocycles. The zero-order valence-electron chi connectivity index (χ0n) is 22.7. The van der Waals surface area contributed by atoms with Crippen LogP contribution >= 0.6 is 0 Å². The first-order valence-electron chi connectivity index (χ1n) is 14.7. The summed E-state index contributed by atoms with van der Waals surface area (Å²) >= 11 is 0. The van der Waals surface area contributed by atoms with Gasteiger partial charge in [0.05, 0.1) is 0 Å². The van der Waals surface area contributed by atoms with Crippen molar-refractivity contribution >= 4 is 5.97 Å². The third-order valence-corrected chi connectivity index (χ3v) is 6.91. The van der Waals surface area contributed by atoms with Gasteiger partial charge in [0.15, 0.2) is 0 Å². The van der Waals surface area contributed by atoms with E-state index in [0.717, 1.165) is 13.0 Å². The van der Waals surface area contributed by atoms with E-state index in [4.69, 9.17) is 5.11 Å². The average Bonchev–Trinajstić information content (AvgIpc) is 2.80. The second-order valence-corrected chi connectivity index (χ2v) is 10.2. The van der Waals surface area contributed by atoms with Gasteiger partial charge in [-0.2, -0.15) is 0 Å². The number of hydrogen-bond acceptors (Lipinski definition) is 2. The number of nitrogens with zero attached hydrogens (tertiary/aromatic N) is 1. The molecule has 0 rings (SSSR count). The van der Waals surface area contributed by atoms with Gasteiger partial charge in [0, 0.05) is 5.57 Å². The first-order chi connectivity index (χ1) is 16.1. The van der Waals surface area contributed by atoms with Gasteiger partial charge in [-0.3, -0.25) is 0 Å². The SMILES string of the molecule is C=C(CCCN(CCCCCCCCCCCC)CCCCCCCCCCCC)C(=O)O. The van der Waals surface area contributed by atoms with Gasteiger partial charge in [-0.25, -0.2) is 4.79 Å².